The van der Waals surface area contributed by atoms with Crippen molar-refractivity contribution in [3.63, 3.8) is 0 Å². The van der Waals surface area contributed by atoms with Crippen LogP contribution in [0.2, 0.25) is 0 Å². The molecular weight excluding hydrogens is 476 g/mol. The number of aliphatic hydroxyl groups excluding tert-OH is 3. The summed E-state index contributed by atoms with van der Waals surface area (Å²) in [5.74, 6) is -0.184. The molecule has 1 aromatic heterocycles. The molecule has 9 nitrogen and oxygen atoms in total. The molecule has 37 heavy (non-hydrogen) atoms. The van der Waals surface area contributed by atoms with Gasteiger partial charge in [0.1, 0.15) is 24.4 Å². The smallest absolute Gasteiger partial charge is 0.337 e. The first-order valence-corrected chi connectivity index (χ1v) is 12.0. The van der Waals surface area contributed by atoms with Gasteiger partial charge in [0.05, 0.1) is 24.8 Å². The number of methoxy groups -OCH3 is 1. The van der Waals surface area contributed by atoms with E-state index in [0.29, 0.717) is 17.7 Å². The number of fused-ring (bicyclic) bond motifs is 3. The fourth-order valence-electron chi connectivity index (χ4n) is 5.08. The summed E-state index contributed by atoms with van der Waals surface area (Å²) in [6, 6.07) is 18.8. The Labute approximate surface area is 212 Å². The predicted octanol–water partition coefficient (Wildman–Crippen LogP) is 2.21. The Morgan fingerprint density at radius 1 is 1.05 bits per heavy atom. The first-order valence-electron chi connectivity index (χ1n) is 12.0. The lowest BCUT2D eigenvalue weighted by atomic mass is 9.98. The standard InChI is InChI=1S/C28H26N2O7/c1-35-27(34)18-8-9-19-20(26-29-23-25(33)24(32)22(14-31)36-28(23)37-26)13-30(21(19)11-18)12-15-6-7-16-4-2-3-5-17(16)10-15/h2-11,13,22-25,28,31-33H,12,14H2,1H3/t22-,23-,24-,25-,28-/m1/s1. The van der Waals surface area contributed by atoms with Crippen molar-refractivity contribution in [1.82, 2.24) is 4.57 Å². The van der Waals surface area contributed by atoms with Gasteiger partial charge in [-0.05, 0) is 34.5 Å². The van der Waals surface area contributed by atoms with Crippen molar-refractivity contribution in [2.75, 3.05) is 13.7 Å². The Kier molecular flexibility index (Phi) is 5.92. The number of hydrogen-bond acceptors (Lipinski definition) is 8. The van der Waals surface area contributed by atoms with Crippen molar-refractivity contribution in [2.45, 2.75) is 37.2 Å². The van der Waals surface area contributed by atoms with Crippen molar-refractivity contribution < 1.29 is 34.3 Å². The van der Waals surface area contributed by atoms with Crippen LogP contribution in [0.15, 0.2) is 71.9 Å². The highest BCUT2D eigenvalue weighted by molar-refractivity contribution is 6.09. The van der Waals surface area contributed by atoms with Crippen LogP contribution in [0, 0.1) is 0 Å². The van der Waals surface area contributed by atoms with Crippen LogP contribution in [-0.2, 0) is 20.8 Å². The Bertz CT molecular complexity index is 1530. The fourth-order valence-corrected chi connectivity index (χ4v) is 5.08. The third-order valence-electron chi connectivity index (χ3n) is 7.04. The Hall–Kier alpha value is -3.76. The number of carbonyl (C=O) groups excluding carboxylic acids is 1. The summed E-state index contributed by atoms with van der Waals surface area (Å²) in [6.07, 6.45) is -2.54. The second-order valence-corrected chi connectivity index (χ2v) is 9.33. The van der Waals surface area contributed by atoms with E-state index in [-0.39, 0.29) is 5.90 Å². The molecule has 3 aromatic carbocycles. The Morgan fingerprint density at radius 3 is 2.65 bits per heavy atom. The van der Waals surface area contributed by atoms with Gasteiger partial charge in [0.25, 0.3) is 0 Å². The van der Waals surface area contributed by atoms with Gasteiger partial charge >= 0.3 is 5.97 Å². The highest BCUT2D eigenvalue weighted by atomic mass is 16.7. The normalized spacial score (nSPS) is 25.1. The third kappa shape index (κ3) is 4.06. The van der Waals surface area contributed by atoms with Gasteiger partial charge in [-0.1, -0.05) is 42.5 Å². The number of carbonyl (C=O) groups is 1. The van der Waals surface area contributed by atoms with Gasteiger partial charge in [-0.25, -0.2) is 9.79 Å². The number of ether oxygens (including phenoxy) is 3. The predicted molar refractivity (Wildman–Crippen MR) is 135 cm³/mol. The highest BCUT2D eigenvalue weighted by Crippen LogP contribution is 2.33. The number of aliphatic imine (C=N–C) groups is 1. The quantitative estimate of drug-likeness (QED) is 0.358. The summed E-state index contributed by atoms with van der Waals surface area (Å²) in [7, 11) is 1.34. The van der Waals surface area contributed by atoms with Crippen molar-refractivity contribution in [1.29, 1.82) is 0 Å². The van der Waals surface area contributed by atoms with Crippen LogP contribution >= 0.6 is 0 Å². The molecule has 9 heteroatoms. The zero-order valence-corrected chi connectivity index (χ0v) is 20.0. The second-order valence-electron chi connectivity index (χ2n) is 9.33. The van der Waals surface area contributed by atoms with Crippen LogP contribution in [0.25, 0.3) is 21.7 Å². The number of rotatable bonds is 5. The maximum atomic E-state index is 12.3. The van der Waals surface area contributed by atoms with Crippen molar-refractivity contribution in [3.05, 3.63) is 83.6 Å². The van der Waals surface area contributed by atoms with E-state index < -0.39 is 43.2 Å². The first-order chi connectivity index (χ1) is 18.0. The minimum atomic E-state index is -1.28. The van der Waals surface area contributed by atoms with E-state index in [1.54, 1.807) is 12.1 Å². The van der Waals surface area contributed by atoms with E-state index >= 15 is 0 Å². The molecular formula is C28H26N2O7. The molecule has 0 unspecified atom stereocenters. The Balaban J connectivity index is 1.42. The molecule has 6 rings (SSSR count). The molecule has 4 aromatic rings. The lowest BCUT2D eigenvalue weighted by Crippen LogP contribution is -2.56. The minimum Gasteiger partial charge on any atom is -0.465 e. The van der Waals surface area contributed by atoms with E-state index in [1.165, 1.54) is 7.11 Å². The van der Waals surface area contributed by atoms with E-state index in [9.17, 15) is 20.1 Å². The SMILES string of the molecule is COC(=O)c1ccc2c(C3=N[C@H]4[C@@H](O3)O[C@H](CO)[C@@H](O)[C@@H]4O)cn(Cc3ccc4ccccc4c3)c2c1. The van der Waals surface area contributed by atoms with Gasteiger partial charge in [0.15, 0.2) is 0 Å². The third-order valence-corrected chi connectivity index (χ3v) is 7.04. The molecule has 2 aliphatic heterocycles. The maximum absolute atomic E-state index is 12.3. The molecule has 3 heterocycles. The molecule has 3 N–H and O–H groups in total. The molecule has 0 saturated carbocycles. The summed E-state index contributed by atoms with van der Waals surface area (Å²) in [4.78, 5) is 16.8. The Morgan fingerprint density at radius 2 is 1.86 bits per heavy atom. The van der Waals surface area contributed by atoms with E-state index in [2.05, 4.69) is 35.3 Å². The number of benzene rings is 3. The molecule has 1 saturated heterocycles. The van der Waals surface area contributed by atoms with Gasteiger partial charge in [0.2, 0.25) is 12.2 Å². The van der Waals surface area contributed by atoms with Crippen molar-refractivity contribution in [3.8, 4) is 0 Å². The fraction of sp³-hybridized carbons (Fsp3) is 0.286. The molecule has 1 fully saturated rings. The summed E-state index contributed by atoms with van der Waals surface area (Å²) in [5, 5.41) is 33.4. The molecule has 0 radical (unpaired) electrons. The van der Waals surface area contributed by atoms with E-state index in [4.69, 9.17) is 14.2 Å². The summed E-state index contributed by atoms with van der Waals surface area (Å²) >= 11 is 0. The summed E-state index contributed by atoms with van der Waals surface area (Å²) < 4.78 is 18.6. The van der Waals surface area contributed by atoms with Crippen LogP contribution in [0.1, 0.15) is 21.5 Å². The molecule has 0 aliphatic carbocycles. The zero-order chi connectivity index (χ0) is 25.7. The van der Waals surface area contributed by atoms with Gasteiger partial charge in [-0.3, -0.25) is 0 Å². The van der Waals surface area contributed by atoms with Crippen LogP contribution in [0.3, 0.4) is 0 Å². The number of aromatic nitrogens is 1. The molecule has 2 aliphatic rings. The number of aliphatic hydroxyl groups is 3. The average molecular weight is 503 g/mol. The largest absolute Gasteiger partial charge is 0.465 e. The van der Waals surface area contributed by atoms with E-state index in [0.717, 1.165) is 27.2 Å². The molecule has 0 spiro atoms. The second kappa shape index (κ2) is 9.28. The first kappa shape index (κ1) is 23.6. The zero-order valence-electron chi connectivity index (χ0n) is 20.0. The van der Waals surface area contributed by atoms with Gasteiger partial charge in [-0.15, -0.1) is 0 Å². The molecule has 0 bridgehead atoms. The van der Waals surface area contributed by atoms with Crippen LogP contribution in [0.4, 0.5) is 0 Å². The number of hydrogen-bond donors (Lipinski definition) is 3. The summed E-state index contributed by atoms with van der Waals surface area (Å²) in [6.45, 7) is 0.0675. The summed E-state index contributed by atoms with van der Waals surface area (Å²) in [5.41, 5.74) is 2.92. The van der Waals surface area contributed by atoms with Gasteiger partial charge in [0, 0.05) is 23.6 Å². The van der Waals surface area contributed by atoms with Crippen LogP contribution in [0.5, 0.6) is 0 Å². The minimum absolute atomic E-state index is 0.257. The van der Waals surface area contributed by atoms with Gasteiger partial charge in [-0.2, -0.15) is 0 Å². The monoisotopic (exact) mass is 502 g/mol. The number of esters is 1. The van der Waals surface area contributed by atoms with Gasteiger partial charge < -0.3 is 34.1 Å². The molecule has 0 amide bonds. The number of nitrogens with zero attached hydrogens (tertiary/aromatic N) is 2. The maximum Gasteiger partial charge on any atom is 0.337 e. The molecule has 5 atom stereocenters. The lowest BCUT2D eigenvalue weighted by Gasteiger charge is -2.36. The van der Waals surface area contributed by atoms with Crippen LogP contribution in [-0.4, -0.2) is 76.1 Å². The van der Waals surface area contributed by atoms with E-state index in [1.807, 2.05) is 29.0 Å². The lowest BCUT2D eigenvalue weighted by molar-refractivity contribution is -0.234. The topological polar surface area (TPSA) is 123 Å². The van der Waals surface area contributed by atoms with Crippen molar-refractivity contribution >= 4 is 33.5 Å². The average Bonchev–Trinajstić information content (AvgIpc) is 3.51. The van der Waals surface area contributed by atoms with Crippen molar-refractivity contribution in [2.24, 2.45) is 4.99 Å². The highest BCUT2D eigenvalue weighted by Gasteiger charge is 2.49. The van der Waals surface area contributed by atoms with Crippen LogP contribution < -0.4 is 0 Å². The molecule has 190 valence electrons.